The first-order chi connectivity index (χ1) is 25.0. The van der Waals surface area contributed by atoms with Gasteiger partial charge < -0.3 is 11.5 Å². The number of nitrogens with one attached hydrogen (secondary N) is 10. The van der Waals surface area contributed by atoms with Crippen LogP contribution < -0.4 is 59.3 Å². The summed E-state index contributed by atoms with van der Waals surface area (Å²) >= 11 is 0. The second-order valence-corrected chi connectivity index (χ2v) is 17.8. The van der Waals surface area contributed by atoms with E-state index in [4.69, 9.17) is 16.9 Å². The zero-order chi connectivity index (χ0) is 34.9. The van der Waals surface area contributed by atoms with Crippen molar-refractivity contribution in [2.24, 2.45) is 63.8 Å². The molecule has 9 rings (SSSR count). The Morgan fingerprint density at radius 1 is 0.500 bits per heavy atom. The molecule has 9 aliphatic rings. The molecule has 4 aliphatic carbocycles. The van der Waals surface area contributed by atoms with Crippen molar-refractivity contribution in [3.8, 4) is 0 Å². The minimum absolute atomic E-state index is 0. The Hall–Kier alpha value is -1.29. The lowest BCUT2D eigenvalue weighted by Gasteiger charge is -2.35. The molecule has 14 heteroatoms. The summed E-state index contributed by atoms with van der Waals surface area (Å²) in [5.41, 5.74) is 10.3. The van der Waals surface area contributed by atoms with E-state index in [1.807, 2.05) is 0 Å². The SMILES string of the molecule is C1CCC2C3NC(NC4NC(NC5NC(NC6NC(N3)C3CCCCC63)C3CCCCC53)C3CCCCC43)C2C1.CCCCN=C(N)NC(=N)N.Cl. The molecule has 5 aliphatic heterocycles. The van der Waals surface area contributed by atoms with Crippen molar-refractivity contribution < 1.29 is 0 Å². The number of guanidine groups is 2. The lowest BCUT2D eigenvalue weighted by atomic mass is 9.76. The quantitative estimate of drug-likeness (QED) is 0.115. The first-order valence-corrected chi connectivity index (χ1v) is 21.5. The lowest BCUT2D eigenvalue weighted by molar-refractivity contribution is 0.167. The van der Waals surface area contributed by atoms with Gasteiger partial charge in [0.1, 0.15) is 0 Å². The Balaban J connectivity index is 0.000000308. The molecule has 0 radical (unpaired) electrons. The van der Waals surface area contributed by atoms with Gasteiger partial charge in [0, 0.05) is 6.54 Å². The molecule has 5 saturated heterocycles. The maximum absolute atomic E-state index is 6.81. The molecule has 0 aromatic carbocycles. The summed E-state index contributed by atoms with van der Waals surface area (Å²) in [4.78, 5) is 3.92. The van der Waals surface area contributed by atoms with Gasteiger partial charge in [0.2, 0.25) is 0 Å². The number of unbranched alkanes of at least 4 members (excludes halogenated alkanes) is 1. The van der Waals surface area contributed by atoms with Gasteiger partial charge in [-0.05, 0) is 105 Å². The molecule has 0 aromatic heterocycles. The fourth-order valence-electron chi connectivity index (χ4n) is 12.5. The van der Waals surface area contributed by atoms with Crippen molar-refractivity contribution in [3.05, 3.63) is 0 Å². The molecule has 8 bridgehead atoms. The van der Waals surface area contributed by atoms with Crippen LogP contribution in [0, 0.1) is 52.8 Å². The average molecular weight is 747 g/mol. The van der Waals surface area contributed by atoms with E-state index in [9.17, 15) is 0 Å². The van der Waals surface area contributed by atoms with Crippen LogP contribution in [0.2, 0.25) is 0 Å². The van der Waals surface area contributed by atoms with Gasteiger partial charge in [0.05, 0.1) is 49.3 Å². The van der Waals surface area contributed by atoms with Crippen LogP contribution in [0.15, 0.2) is 4.99 Å². The van der Waals surface area contributed by atoms with Crippen molar-refractivity contribution >= 4 is 24.3 Å². The van der Waals surface area contributed by atoms with E-state index in [1.54, 1.807) is 0 Å². The van der Waals surface area contributed by atoms with Crippen LogP contribution in [0.3, 0.4) is 0 Å². The number of nitrogens with two attached hydrogens (primary N) is 2. The van der Waals surface area contributed by atoms with Crippen LogP contribution in [0.25, 0.3) is 0 Å². The topological polar surface area (TPSA) is 197 Å². The third-order valence-electron chi connectivity index (χ3n) is 14.9. The Bertz CT molecular complexity index is 999. The van der Waals surface area contributed by atoms with Gasteiger partial charge >= 0.3 is 0 Å². The van der Waals surface area contributed by atoms with E-state index in [-0.39, 0.29) is 24.3 Å². The zero-order valence-corrected chi connectivity index (χ0v) is 32.5. The van der Waals surface area contributed by atoms with E-state index in [2.05, 4.69) is 59.8 Å². The van der Waals surface area contributed by atoms with Crippen LogP contribution in [0.4, 0.5) is 0 Å². The standard InChI is InChI=1S/C32H56N8.C6H15N5.ClH/c1-2-10-18-17(9-1)25-33-26(18)38-28-21-13-5-6-14-22(21)30(35-28)40-32-24-16-8-7-15-23(24)31(36-32)39-29-20-12-4-3-11-19(20)27(34-29)37-25;1-2-3-4-10-6(9)11-5(7)8;/h17-40H,1-16H2;2-4H2,1H3,(H6,7,8,9,10,11);1H. The molecular weight excluding hydrogens is 674 g/mol. The predicted molar refractivity (Wildman–Crippen MR) is 211 cm³/mol. The Morgan fingerprint density at radius 3 is 0.923 bits per heavy atom. The van der Waals surface area contributed by atoms with Gasteiger partial charge in [0.15, 0.2) is 11.9 Å². The monoisotopic (exact) mass is 746 g/mol. The number of hydrogen-bond donors (Lipinski definition) is 12. The summed E-state index contributed by atoms with van der Waals surface area (Å²) in [5.74, 6) is 6.01. The summed E-state index contributed by atoms with van der Waals surface area (Å²) in [6.45, 7) is 2.76. The van der Waals surface area contributed by atoms with Gasteiger partial charge in [-0.1, -0.05) is 64.7 Å². The maximum Gasteiger partial charge on any atom is 0.195 e. The second kappa shape index (κ2) is 17.7. The Labute approximate surface area is 319 Å². The minimum atomic E-state index is -0.178. The van der Waals surface area contributed by atoms with Crippen molar-refractivity contribution in [2.75, 3.05) is 6.54 Å². The molecule has 8 unspecified atom stereocenters. The van der Waals surface area contributed by atoms with Gasteiger partial charge in [-0.25, -0.2) is 0 Å². The largest absolute Gasteiger partial charge is 0.370 e. The summed E-state index contributed by atoms with van der Waals surface area (Å²) in [6, 6.07) is 0. The fraction of sp³-hybridized carbons (Fsp3) is 0.947. The zero-order valence-electron chi connectivity index (χ0n) is 31.7. The van der Waals surface area contributed by atoms with Gasteiger partial charge in [-0.3, -0.25) is 58.3 Å². The molecule has 0 spiro atoms. The molecule has 9 fully saturated rings. The third-order valence-corrected chi connectivity index (χ3v) is 14.9. The summed E-state index contributed by atoms with van der Waals surface area (Å²) in [6.07, 6.45) is 27.7. The highest BCUT2D eigenvalue weighted by Crippen LogP contribution is 2.45. The molecule has 13 nitrogen and oxygen atoms in total. The predicted octanol–water partition coefficient (Wildman–Crippen LogP) is 2.61. The number of hydrogen-bond acceptors (Lipinski definition) is 10. The first-order valence-electron chi connectivity index (χ1n) is 21.5. The van der Waals surface area contributed by atoms with Crippen LogP contribution in [-0.2, 0) is 0 Å². The van der Waals surface area contributed by atoms with E-state index in [0.717, 1.165) is 60.2 Å². The number of rotatable bonds is 3. The van der Waals surface area contributed by atoms with Crippen LogP contribution in [0.5, 0.6) is 0 Å². The second-order valence-electron chi connectivity index (χ2n) is 17.8. The van der Waals surface area contributed by atoms with Crippen LogP contribution in [-0.4, -0.2) is 67.8 Å². The minimum Gasteiger partial charge on any atom is -0.370 e. The van der Waals surface area contributed by atoms with Crippen molar-refractivity contribution in [2.45, 2.75) is 172 Å². The lowest BCUT2D eigenvalue weighted by Crippen LogP contribution is -2.61. The highest BCUT2D eigenvalue weighted by atomic mass is 35.5. The molecule has 0 amide bonds. The van der Waals surface area contributed by atoms with Crippen LogP contribution in [0.1, 0.15) is 122 Å². The van der Waals surface area contributed by atoms with Crippen molar-refractivity contribution in [1.82, 2.24) is 47.9 Å². The van der Waals surface area contributed by atoms with E-state index in [1.165, 1.54) is 103 Å². The van der Waals surface area contributed by atoms with Crippen LogP contribution >= 0.6 is 12.4 Å². The molecule has 0 aromatic rings. The number of fused-ring (bicyclic) bond motifs is 20. The van der Waals surface area contributed by atoms with E-state index in [0.29, 0.717) is 55.9 Å². The highest BCUT2D eigenvalue weighted by Gasteiger charge is 2.54. The van der Waals surface area contributed by atoms with Gasteiger partial charge in [0.25, 0.3) is 0 Å². The maximum atomic E-state index is 6.81. The van der Waals surface area contributed by atoms with E-state index < -0.39 is 0 Å². The number of halogens is 1. The summed E-state index contributed by atoms with van der Waals surface area (Å²) < 4.78 is 0. The first kappa shape index (κ1) is 39.0. The number of aliphatic imine (C=N–C) groups is 1. The summed E-state index contributed by atoms with van der Waals surface area (Å²) in [7, 11) is 0. The van der Waals surface area contributed by atoms with E-state index >= 15 is 0 Å². The number of nitrogens with zero attached hydrogens (tertiary/aromatic N) is 1. The average Bonchev–Trinajstić information content (AvgIpc) is 3.88. The van der Waals surface area contributed by atoms with Crippen molar-refractivity contribution in [3.63, 3.8) is 0 Å². The van der Waals surface area contributed by atoms with Gasteiger partial charge in [-0.2, -0.15) is 0 Å². The highest BCUT2D eigenvalue weighted by molar-refractivity contribution is 5.95. The molecular formula is C38H72ClN13. The Kier molecular flexibility index (Phi) is 13.2. The fourth-order valence-corrected chi connectivity index (χ4v) is 12.5. The molecule has 52 heavy (non-hydrogen) atoms. The smallest absolute Gasteiger partial charge is 0.195 e. The molecule has 8 atom stereocenters. The summed E-state index contributed by atoms with van der Waals surface area (Å²) in [5, 5.41) is 43.0. The van der Waals surface area contributed by atoms with Crippen molar-refractivity contribution in [1.29, 1.82) is 5.41 Å². The molecule has 296 valence electrons. The molecule has 5 heterocycles. The third kappa shape index (κ3) is 8.28. The normalized spacial score (nSPS) is 46.7. The van der Waals surface area contributed by atoms with Gasteiger partial charge in [-0.15, -0.1) is 12.4 Å². The molecule has 4 saturated carbocycles. The Morgan fingerprint density at radius 2 is 0.731 bits per heavy atom. The molecule has 14 N–H and O–H groups in total.